The first kappa shape index (κ1) is 8.98. The molecular formula is C8H12O2. The summed E-state index contributed by atoms with van der Waals surface area (Å²) in [7, 11) is 0. The minimum absolute atomic E-state index is 0.106. The monoisotopic (exact) mass is 140 g/mol. The second-order valence-electron chi connectivity index (χ2n) is 2.12. The molecule has 0 aromatic rings. The fraction of sp³-hybridized carbons (Fsp3) is 0.250. The SMILES string of the molecule is C=C(C)/C=C(/CO)C(=C)O. The molecule has 0 saturated heterocycles. The zero-order valence-electron chi connectivity index (χ0n) is 6.09. The summed E-state index contributed by atoms with van der Waals surface area (Å²) in [6, 6.07) is 0. The fourth-order valence-corrected chi connectivity index (χ4v) is 0.518. The summed E-state index contributed by atoms with van der Waals surface area (Å²) in [6.07, 6.45) is 1.59. The smallest absolute Gasteiger partial charge is 0.113 e. The third-order valence-corrected chi connectivity index (χ3v) is 0.962. The molecule has 0 fully saturated rings. The van der Waals surface area contributed by atoms with Crippen molar-refractivity contribution in [1.82, 2.24) is 0 Å². The van der Waals surface area contributed by atoms with Crippen LogP contribution in [-0.2, 0) is 0 Å². The normalized spacial score (nSPS) is 11.2. The van der Waals surface area contributed by atoms with Gasteiger partial charge in [-0.3, -0.25) is 0 Å². The van der Waals surface area contributed by atoms with Crippen LogP contribution >= 0.6 is 0 Å². The number of aliphatic hydroxyl groups excluding tert-OH is 2. The molecule has 2 heteroatoms. The van der Waals surface area contributed by atoms with E-state index in [1.165, 1.54) is 0 Å². The molecule has 2 N–H and O–H groups in total. The van der Waals surface area contributed by atoms with Crippen molar-refractivity contribution >= 4 is 0 Å². The molecule has 0 heterocycles. The standard InChI is InChI=1S/C8H12O2/c1-6(2)4-8(5-9)7(3)10/h4,9-10H,1,3,5H2,2H3/b8-4-. The highest BCUT2D eigenvalue weighted by Crippen LogP contribution is 2.05. The van der Waals surface area contributed by atoms with Gasteiger partial charge in [0, 0.05) is 5.57 Å². The van der Waals surface area contributed by atoms with E-state index in [1.54, 1.807) is 13.0 Å². The Morgan fingerprint density at radius 3 is 2.10 bits per heavy atom. The van der Waals surface area contributed by atoms with E-state index < -0.39 is 0 Å². The maximum absolute atomic E-state index is 8.80. The topological polar surface area (TPSA) is 40.5 Å². The maximum Gasteiger partial charge on any atom is 0.113 e. The zero-order chi connectivity index (χ0) is 8.15. The van der Waals surface area contributed by atoms with Gasteiger partial charge < -0.3 is 10.2 Å². The van der Waals surface area contributed by atoms with Gasteiger partial charge in [0.2, 0.25) is 0 Å². The van der Waals surface area contributed by atoms with Crippen LogP contribution in [0.1, 0.15) is 6.92 Å². The van der Waals surface area contributed by atoms with Crippen molar-refractivity contribution in [2.24, 2.45) is 0 Å². The summed E-state index contributed by atoms with van der Waals surface area (Å²) in [5, 5.41) is 17.4. The van der Waals surface area contributed by atoms with Crippen molar-refractivity contribution in [2.45, 2.75) is 6.92 Å². The second kappa shape index (κ2) is 3.90. The molecule has 0 aromatic heterocycles. The predicted molar refractivity (Wildman–Crippen MR) is 41.8 cm³/mol. The number of rotatable bonds is 3. The third kappa shape index (κ3) is 3.10. The molecule has 2 nitrogen and oxygen atoms in total. The van der Waals surface area contributed by atoms with Gasteiger partial charge in [-0.1, -0.05) is 24.8 Å². The summed E-state index contributed by atoms with van der Waals surface area (Å²) >= 11 is 0. The zero-order valence-corrected chi connectivity index (χ0v) is 6.09. The Kier molecular flexibility index (Phi) is 3.51. The predicted octanol–water partition coefficient (Wildman–Crippen LogP) is 1.55. The van der Waals surface area contributed by atoms with Gasteiger partial charge in [0.15, 0.2) is 0 Å². The summed E-state index contributed by atoms with van der Waals surface area (Å²) in [6.45, 7) is 8.42. The highest BCUT2D eigenvalue weighted by Gasteiger charge is 1.96. The van der Waals surface area contributed by atoms with Gasteiger partial charge in [-0.2, -0.15) is 0 Å². The Bertz CT molecular complexity index is 178. The molecule has 0 unspecified atom stereocenters. The molecule has 0 amide bonds. The van der Waals surface area contributed by atoms with E-state index in [1.807, 2.05) is 0 Å². The average Bonchev–Trinajstić information content (AvgIpc) is 1.81. The van der Waals surface area contributed by atoms with Crippen LogP contribution < -0.4 is 0 Å². The van der Waals surface area contributed by atoms with Gasteiger partial charge in [0.05, 0.1) is 6.61 Å². The van der Waals surface area contributed by atoms with Crippen LogP contribution in [0, 0.1) is 0 Å². The van der Waals surface area contributed by atoms with E-state index in [9.17, 15) is 0 Å². The highest BCUT2D eigenvalue weighted by atomic mass is 16.3. The van der Waals surface area contributed by atoms with Crippen LogP contribution in [0.5, 0.6) is 0 Å². The van der Waals surface area contributed by atoms with Crippen molar-refractivity contribution in [2.75, 3.05) is 6.61 Å². The van der Waals surface area contributed by atoms with E-state index in [2.05, 4.69) is 13.2 Å². The van der Waals surface area contributed by atoms with Gasteiger partial charge in [0.1, 0.15) is 5.76 Å². The minimum Gasteiger partial charge on any atom is -0.508 e. The molecule has 0 bridgehead atoms. The molecule has 56 valence electrons. The summed E-state index contributed by atoms with van der Waals surface area (Å²) in [4.78, 5) is 0. The summed E-state index contributed by atoms with van der Waals surface area (Å²) in [5.74, 6) is -0.106. The van der Waals surface area contributed by atoms with Crippen molar-refractivity contribution in [3.05, 3.63) is 36.1 Å². The van der Waals surface area contributed by atoms with E-state index in [4.69, 9.17) is 10.2 Å². The maximum atomic E-state index is 8.80. The number of aliphatic hydroxyl groups is 2. The van der Waals surface area contributed by atoms with Crippen molar-refractivity contribution in [3.63, 3.8) is 0 Å². The van der Waals surface area contributed by atoms with Gasteiger partial charge in [-0.05, 0) is 6.92 Å². The van der Waals surface area contributed by atoms with Crippen molar-refractivity contribution in [3.8, 4) is 0 Å². The largest absolute Gasteiger partial charge is 0.508 e. The quantitative estimate of drug-likeness (QED) is 0.461. The lowest BCUT2D eigenvalue weighted by Gasteiger charge is -1.99. The molecule has 0 aliphatic carbocycles. The lowest BCUT2D eigenvalue weighted by molar-refractivity contribution is 0.315. The Morgan fingerprint density at radius 1 is 1.50 bits per heavy atom. The van der Waals surface area contributed by atoms with E-state index in [0.29, 0.717) is 5.57 Å². The van der Waals surface area contributed by atoms with Gasteiger partial charge in [0.25, 0.3) is 0 Å². The van der Waals surface area contributed by atoms with Gasteiger partial charge in [-0.25, -0.2) is 0 Å². The van der Waals surface area contributed by atoms with Crippen LogP contribution in [0.15, 0.2) is 36.1 Å². The molecule has 10 heavy (non-hydrogen) atoms. The number of hydrogen-bond donors (Lipinski definition) is 2. The lowest BCUT2D eigenvalue weighted by atomic mass is 10.2. The van der Waals surface area contributed by atoms with Gasteiger partial charge in [-0.15, -0.1) is 0 Å². The Labute approximate surface area is 60.8 Å². The molecule has 0 rings (SSSR count). The first-order valence-electron chi connectivity index (χ1n) is 2.93. The first-order chi connectivity index (χ1) is 4.57. The molecule has 0 spiro atoms. The highest BCUT2D eigenvalue weighted by molar-refractivity contribution is 5.29. The van der Waals surface area contributed by atoms with Crippen LogP contribution in [0.2, 0.25) is 0 Å². The molecule has 0 radical (unpaired) electrons. The first-order valence-corrected chi connectivity index (χ1v) is 2.93. The molecular weight excluding hydrogens is 128 g/mol. The van der Waals surface area contributed by atoms with Crippen LogP contribution in [-0.4, -0.2) is 16.8 Å². The number of allylic oxidation sites excluding steroid dienone is 2. The van der Waals surface area contributed by atoms with E-state index >= 15 is 0 Å². The summed E-state index contributed by atoms with van der Waals surface area (Å²) in [5.41, 5.74) is 1.19. The van der Waals surface area contributed by atoms with Crippen LogP contribution in [0.3, 0.4) is 0 Å². The second-order valence-corrected chi connectivity index (χ2v) is 2.12. The summed E-state index contributed by atoms with van der Waals surface area (Å²) < 4.78 is 0. The van der Waals surface area contributed by atoms with Crippen LogP contribution in [0.4, 0.5) is 0 Å². The Balaban J connectivity index is 4.34. The third-order valence-electron chi connectivity index (χ3n) is 0.962. The Hall–Kier alpha value is -1.02. The van der Waals surface area contributed by atoms with Crippen molar-refractivity contribution < 1.29 is 10.2 Å². The molecule has 0 aromatic carbocycles. The Morgan fingerprint density at radius 2 is 2.00 bits per heavy atom. The van der Waals surface area contributed by atoms with Crippen molar-refractivity contribution in [1.29, 1.82) is 0 Å². The molecule has 0 aliphatic rings. The fourth-order valence-electron chi connectivity index (χ4n) is 0.518. The molecule has 0 saturated carbocycles. The van der Waals surface area contributed by atoms with E-state index in [0.717, 1.165) is 5.57 Å². The van der Waals surface area contributed by atoms with Gasteiger partial charge >= 0.3 is 0 Å². The number of hydrogen-bond acceptors (Lipinski definition) is 2. The van der Waals surface area contributed by atoms with E-state index in [-0.39, 0.29) is 12.4 Å². The molecule has 0 aliphatic heterocycles. The lowest BCUT2D eigenvalue weighted by Crippen LogP contribution is -1.93. The molecule has 0 atom stereocenters. The minimum atomic E-state index is -0.206. The van der Waals surface area contributed by atoms with Crippen LogP contribution in [0.25, 0.3) is 0 Å². The average molecular weight is 140 g/mol.